The molecule has 0 amide bonds. The van der Waals surface area contributed by atoms with Crippen LogP contribution in [0.2, 0.25) is 0 Å². The van der Waals surface area contributed by atoms with Crippen LogP contribution in [0.4, 0.5) is 0 Å². The predicted molar refractivity (Wildman–Crippen MR) is 105 cm³/mol. The Morgan fingerprint density at radius 3 is 2.67 bits per heavy atom. The van der Waals surface area contributed by atoms with Gasteiger partial charge in [0.25, 0.3) is 0 Å². The van der Waals surface area contributed by atoms with Crippen LogP contribution in [0.1, 0.15) is 52.9 Å². The van der Waals surface area contributed by atoms with Gasteiger partial charge in [-0.05, 0) is 50.2 Å². The van der Waals surface area contributed by atoms with E-state index in [0.29, 0.717) is 18.0 Å². The molecule has 0 bridgehead atoms. The third kappa shape index (κ3) is 5.15. The Hall–Kier alpha value is -1.70. The minimum atomic E-state index is 0.332. The Morgan fingerprint density at radius 2 is 2.00 bits per heavy atom. The monoisotopic (exact) mass is 326 g/mol. The minimum absolute atomic E-state index is 0.332. The fourth-order valence-corrected chi connectivity index (χ4v) is 3.50. The topological polar surface area (TPSA) is 15.3 Å². The van der Waals surface area contributed by atoms with E-state index >= 15 is 0 Å². The maximum atomic E-state index is 3.79. The Balaban J connectivity index is 2.11. The van der Waals surface area contributed by atoms with Crippen molar-refractivity contribution >= 4 is 0 Å². The maximum absolute atomic E-state index is 3.79. The number of nitrogens with one attached hydrogen (secondary N) is 1. The average molecular weight is 327 g/mol. The highest BCUT2D eigenvalue weighted by Crippen LogP contribution is 2.29. The lowest BCUT2D eigenvalue weighted by molar-refractivity contribution is 0.188. The number of nitrogens with zero attached hydrogens (tertiary/aromatic N) is 1. The van der Waals surface area contributed by atoms with Crippen molar-refractivity contribution < 1.29 is 0 Å². The molecule has 0 aromatic rings. The van der Waals surface area contributed by atoms with Crippen LogP contribution in [0.5, 0.6) is 0 Å². The standard InChI is InChI=1S/C22H34N2/c1-5-6-8-13-19-14-11-12-17-21(19)24(4)22(18(2)3)23-20-15-9-7-10-16-20/h6-9,11-12,15,17-19,22-23H,5,10,13-14,16H2,1-4H3. The van der Waals surface area contributed by atoms with E-state index in [0.717, 1.165) is 32.1 Å². The zero-order valence-corrected chi connectivity index (χ0v) is 15.8. The van der Waals surface area contributed by atoms with Gasteiger partial charge >= 0.3 is 0 Å². The first kappa shape index (κ1) is 18.6. The predicted octanol–water partition coefficient (Wildman–Crippen LogP) is 5.54. The van der Waals surface area contributed by atoms with Crippen molar-refractivity contribution in [3.05, 3.63) is 60.0 Å². The van der Waals surface area contributed by atoms with Gasteiger partial charge in [0.2, 0.25) is 0 Å². The van der Waals surface area contributed by atoms with E-state index in [-0.39, 0.29) is 0 Å². The number of hydrogen-bond acceptors (Lipinski definition) is 2. The molecule has 0 saturated heterocycles. The lowest BCUT2D eigenvalue weighted by atomic mass is 9.91. The summed E-state index contributed by atoms with van der Waals surface area (Å²) in [5.74, 6) is 1.13. The molecule has 0 fully saturated rings. The SMILES string of the molecule is CCC=CCC1CC=CC=C1N(C)C(NC1=CC=CCC1)C(C)C. The van der Waals surface area contributed by atoms with Gasteiger partial charge in [-0.2, -0.15) is 0 Å². The fourth-order valence-electron chi connectivity index (χ4n) is 3.50. The normalized spacial score (nSPS) is 21.8. The van der Waals surface area contributed by atoms with Crippen molar-refractivity contribution in [1.82, 2.24) is 10.2 Å². The van der Waals surface area contributed by atoms with Crippen LogP contribution in [0.3, 0.4) is 0 Å². The molecule has 2 aliphatic carbocycles. The summed E-state index contributed by atoms with van der Waals surface area (Å²) in [5.41, 5.74) is 2.81. The molecule has 0 spiro atoms. The van der Waals surface area contributed by atoms with Crippen LogP contribution >= 0.6 is 0 Å². The molecule has 2 heteroatoms. The zero-order chi connectivity index (χ0) is 17.4. The van der Waals surface area contributed by atoms with Gasteiger partial charge < -0.3 is 10.2 Å². The average Bonchev–Trinajstić information content (AvgIpc) is 2.60. The van der Waals surface area contributed by atoms with Crippen molar-refractivity contribution in [1.29, 1.82) is 0 Å². The van der Waals surface area contributed by atoms with Crippen LogP contribution in [0.15, 0.2) is 60.0 Å². The largest absolute Gasteiger partial charge is 0.368 e. The number of hydrogen-bond donors (Lipinski definition) is 1. The van der Waals surface area contributed by atoms with Gasteiger partial charge in [0.05, 0.1) is 0 Å². The highest BCUT2D eigenvalue weighted by atomic mass is 15.3. The van der Waals surface area contributed by atoms with E-state index in [4.69, 9.17) is 0 Å². The molecule has 0 aromatic carbocycles. The second-order valence-electron chi connectivity index (χ2n) is 7.17. The molecule has 2 unspecified atom stereocenters. The van der Waals surface area contributed by atoms with E-state index in [2.05, 4.69) is 86.6 Å². The van der Waals surface area contributed by atoms with Gasteiger partial charge in [-0.1, -0.05) is 57.2 Å². The summed E-state index contributed by atoms with van der Waals surface area (Å²) in [5, 5.41) is 3.79. The van der Waals surface area contributed by atoms with E-state index in [1.807, 2.05) is 0 Å². The molecule has 132 valence electrons. The highest BCUT2D eigenvalue weighted by molar-refractivity contribution is 5.22. The maximum Gasteiger partial charge on any atom is 0.100 e. The van der Waals surface area contributed by atoms with Gasteiger partial charge in [-0.3, -0.25) is 0 Å². The van der Waals surface area contributed by atoms with E-state index in [9.17, 15) is 0 Å². The van der Waals surface area contributed by atoms with Gasteiger partial charge in [-0.25, -0.2) is 0 Å². The lowest BCUT2D eigenvalue weighted by Gasteiger charge is -2.40. The molecular formula is C22H34N2. The Labute approximate surface area is 148 Å². The highest BCUT2D eigenvalue weighted by Gasteiger charge is 2.25. The van der Waals surface area contributed by atoms with Gasteiger partial charge in [0.15, 0.2) is 0 Å². The Kier molecular flexibility index (Phi) is 7.42. The molecule has 0 saturated carbocycles. The second-order valence-corrected chi connectivity index (χ2v) is 7.17. The molecule has 24 heavy (non-hydrogen) atoms. The fraction of sp³-hybridized carbons (Fsp3) is 0.545. The summed E-state index contributed by atoms with van der Waals surface area (Å²) < 4.78 is 0. The zero-order valence-electron chi connectivity index (χ0n) is 15.8. The summed E-state index contributed by atoms with van der Waals surface area (Å²) in [6.45, 7) is 6.81. The summed E-state index contributed by atoms with van der Waals surface area (Å²) >= 11 is 0. The number of allylic oxidation sites excluding steroid dienone is 10. The van der Waals surface area contributed by atoms with Crippen LogP contribution in [-0.4, -0.2) is 18.1 Å². The summed E-state index contributed by atoms with van der Waals surface area (Å²) in [7, 11) is 2.25. The molecule has 0 aliphatic heterocycles. The molecule has 0 heterocycles. The summed E-state index contributed by atoms with van der Waals surface area (Å²) in [6.07, 6.45) is 24.1. The van der Waals surface area contributed by atoms with Crippen LogP contribution in [0.25, 0.3) is 0 Å². The lowest BCUT2D eigenvalue weighted by Crippen LogP contribution is -2.47. The molecule has 2 aliphatic rings. The molecular weight excluding hydrogens is 292 g/mol. The molecule has 2 atom stereocenters. The van der Waals surface area contributed by atoms with Gasteiger partial charge in [0.1, 0.15) is 6.17 Å². The third-order valence-corrected chi connectivity index (χ3v) is 4.87. The van der Waals surface area contributed by atoms with Crippen molar-refractivity contribution in [3.63, 3.8) is 0 Å². The van der Waals surface area contributed by atoms with Gasteiger partial charge in [0, 0.05) is 24.4 Å². The first-order valence-electron chi connectivity index (χ1n) is 9.50. The van der Waals surface area contributed by atoms with Crippen molar-refractivity contribution in [2.75, 3.05) is 7.05 Å². The summed E-state index contributed by atoms with van der Waals surface area (Å²) in [4.78, 5) is 2.47. The van der Waals surface area contributed by atoms with Crippen molar-refractivity contribution in [2.24, 2.45) is 11.8 Å². The molecule has 2 rings (SSSR count). The van der Waals surface area contributed by atoms with Crippen LogP contribution in [-0.2, 0) is 0 Å². The molecule has 2 nitrogen and oxygen atoms in total. The smallest absolute Gasteiger partial charge is 0.100 e. The van der Waals surface area contributed by atoms with Crippen molar-refractivity contribution in [3.8, 4) is 0 Å². The Bertz CT molecular complexity index is 534. The molecule has 0 aromatic heterocycles. The second kappa shape index (κ2) is 9.56. The van der Waals surface area contributed by atoms with Crippen LogP contribution < -0.4 is 5.32 Å². The van der Waals surface area contributed by atoms with E-state index in [1.165, 1.54) is 11.4 Å². The van der Waals surface area contributed by atoms with E-state index < -0.39 is 0 Å². The Morgan fingerprint density at radius 1 is 1.21 bits per heavy atom. The first-order valence-corrected chi connectivity index (χ1v) is 9.50. The minimum Gasteiger partial charge on any atom is -0.368 e. The van der Waals surface area contributed by atoms with Crippen molar-refractivity contribution in [2.45, 2.75) is 59.0 Å². The quantitative estimate of drug-likeness (QED) is 0.465. The first-order chi connectivity index (χ1) is 11.6. The van der Waals surface area contributed by atoms with E-state index in [1.54, 1.807) is 0 Å². The third-order valence-electron chi connectivity index (χ3n) is 4.87. The molecule has 0 radical (unpaired) electrons. The molecule has 1 N–H and O–H groups in total. The number of rotatable bonds is 8. The summed E-state index contributed by atoms with van der Waals surface area (Å²) in [6, 6.07) is 0. The van der Waals surface area contributed by atoms with Gasteiger partial charge in [-0.15, -0.1) is 0 Å². The van der Waals surface area contributed by atoms with Crippen LogP contribution in [0, 0.1) is 11.8 Å².